The second kappa shape index (κ2) is 5.98. The fraction of sp³-hybridized carbons (Fsp3) is 0.900. The zero-order chi connectivity index (χ0) is 10.4. The Labute approximate surface area is 85.6 Å². The molecule has 1 fully saturated rings. The van der Waals surface area contributed by atoms with Gasteiger partial charge in [-0.2, -0.15) is 0 Å². The number of nitrogens with one attached hydrogen (secondary N) is 1. The van der Waals surface area contributed by atoms with Crippen LogP contribution in [0.3, 0.4) is 0 Å². The summed E-state index contributed by atoms with van der Waals surface area (Å²) < 4.78 is 5.30. The molecule has 0 aromatic heterocycles. The van der Waals surface area contributed by atoms with Crippen LogP contribution < -0.4 is 5.32 Å². The number of piperazine rings is 1. The highest BCUT2D eigenvalue weighted by Crippen LogP contribution is 1.96. The molecule has 0 aliphatic carbocycles. The summed E-state index contributed by atoms with van der Waals surface area (Å²) in [4.78, 5) is 13.4. The van der Waals surface area contributed by atoms with Crippen molar-refractivity contribution in [1.82, 2.24) is 10.2 Å². The molecule has 0 unspecified atom stereocenters. The van der Waals surface area contributed by atoms with Crippen LogP contribution in [-0.4, -0.2) is 50.2 Å². The number of carbonyl (C=O) groups is 1. The lowest BCUT2D eigenvalue weighted by molar-refractivity contribution is -0.137. The SMILES string of the molecule is CC(C)COCC(=O)N1CCNCC1. The van der Waals surface area contributed by atoms with Crippen molar-refractivity contribution >= 4 is 5.91 Å². The zero-order valence-corrected chi connectivity index (χ0v) is 9.08. The van der Waals surface area contributed by atoms with Crippen molar-refractivity contribution < 1.29 is 9.53 Å². The molecule has 14 heavy (non-hydrogen) atoms. The molecule has 0 aromatic carbocycles. The molecule has 0 radical (unpaired) electrons. The minimum atomic E-state index is 0.118. The van der Waals surface area contributed by atoms with E-state index in [0.717, 1.165) is 26.2 Å². The Balaban J connectivity index is 2.13. The highest BCUT2D eigenvalue weighted by Gasteiger charge is 2.15. The Hall–Kier alpha value is -0.610. The minimum absolute atomic E-state index is 0.118. The summed E-state index contributed by atoms with van der Waals surface area (Å²) in [6.07, 6.45) is 0. The lowest BCUT2D eigenvalue weighted by atomic mass is 10.2. The Kier molecular flexibility index (Phi) is 4.90. The van der Waals surface area contributed by atoms with Gasteiger partial charge in [-0.05, 0) is 5.92 Å². The number of rotatable bonds is 4. The van der Waals surface area contributed by atoms with Gasteiger partial charge in [-0.15, -0.1) is 0 Å². The van der Waals surface area contributed by atoms with E-state index in [4.69, 9.17) is 4.74 Å². The van der Waals surface area contributed by atoms with Gasteiger partial charge in [0.05, 0.1) is 0 Å². The predicted octanol–water partition coefficient (Wildman–Crippen LogP) is 0.0908. The number of hydrogen-bond acceptors (Lipinski definition) is 3. The molecule has 0 bridgehead atoms. The van der Waals surface area contributed by atoms with E-state index in [1.165, 1.54) is 0 Å². The van der Waals surface area contributed by atoms with Crippen molar-refractivity contribution in [2.75, 3.05) is 39.4 Å². The highest BCUT2D eigenvalue weighted by molar-refractivity contribution is 5.77. The Bertz CT molecular complexity index is 177. The van der Waals surface area contributed by atoms with Crippen LogP contribution >= 0.6 is 0 Å². The molecule has 1 heterocycles. The maximum Gasteiger partial charge on any atom is 0.248 e. The van der Waals surface area contributed by atoms with Gasteiger partial charge in [-0.25, -0.2) is 0 Å². The number of nitrogens with zero attached hydrogens (tertiary/aromatic N) is 1. The second-order valence-corrected chi connectivity index (χ2v) is 4.04. The van der Waals surface area contributed by atoms with Gasteiger partial charge in [0, 0.05) is 32.8 Å². The lowest BCUT2D eigenvalue weighted by Gasteiger charge is -2.27. The summed E-state index contributed by atoms with van der Waals surface area (Å²) in [5.74, 6) is 0.609. The van der Waals surface area contributed by atoms with E-state index < -0.39 is 0 Å². The van der Waals surface area contributed by atoms with E-state index in [9.17, 15) is 4.79 Å². The Morgan fingerprint density at radius 2 is 2.07 bits per heavy atom. The van der Waals surface area contributed by atoms with E-state index in [1.807, 2.05) is 4.90 Å². The minimum Gasteiger partial charge on any atom is -0.371 e. The molecule has 0 aromatic rings. The Morgan fingerprint density at radius 1 is 1.43 bits per heavy atom. The first-order valence-corrected chi connectivity index (χ1v) is 5.26. The van der Waals surface area contributed by atoms with Crippen LogP contribution in [0.5, 0.6) is 0 Å². The average molecular weight is 200 g/mol. The summed E-state index contributed by atoms with van der Waals surface area (Å²) >= 11 is 0. The molecule has 0 atom stereocenters. The van der Waals surface area contributed by atoms with Gasteiger partial charge < -0.3 is 15.0 Å². The van der Waals surface area contributed by atoms with Crippen molar-refractivity contribution in [2.45, 2.75) is 13.8 Å². The molecule has 1 amide bonds. The monoisotopic (exact) mass is 200 g/mol. The van der Waals surface area contributed by atoms with Gasteiger partial charge in [0.15, 0.2) is 0 Å². The second-order valence-electron chi connectivity index (χ2n) is 4.04. The zero-order valence-electron chi connectivity index (χ0n) is 9.08. The van der Waals surface area contributed by atoms with Crippen LogP contribution in [0.15, 0.2) is 0 Å². The summed E-state index contributed by atoms with van der Waals surface area (Å²) in [5.41, 5.74) is 0. The number of hydrogen-bond donors (Lipinski definition) is 1. The summed E-state index contributed by atoms with van der Waals surface area (Å²) in [6.45, 7) is 8.47. The average Bonchev–Trinajstić information content (AvgIpc) is 2.18. The molecule has 1 aliphatic rings. The van der Waals surface area contributed by atoms with Gasteiger partial charge in [0.1, 0.15) is 6.61 Å². The largest absolute Gasteiger partial charge is 0.371 e. The number of carbonyl (C=O) groups excluding carboxylic acids is 1. The first kappa shape index (κ1) is 11.5. The maximum absolute atomic E-state index is 11.6. The molecule has 1 aliphatic heterocycles. The first-order chi connectivity index (χ1) is 6.70. The first-order valence-electron chi connectivity index (χ1n) is 5.26. The van der Waals surface area contributed by atoms with Crippen molar-refractivity contribution in [1.29, 1.82) is 0 Å². The third kappa shape index (κ3) is 4.07. The van der Waals surface area contributed by atoms with Crippen LogP contribution in [-0.2, 0) is 9.53 Å². The fourth-order valence-corrected chi connectivity index (χ4v) is 1.39. The normalized spacial score (nSPS) is 17.5. The molecule has 0 saturated carbocycles. The molecule has 0 spiro atoms. The lowest BCUT2D eigenvalue weighted by Crippen LogP contribution is -2.47. The molecule has 4 heteroatoms. The molecule has 4 nitrogen and oxygen atoms in total. The van der Waals surface area contributed by atoms with Crippen molar-refractivity contribution in [2.24, 2.45) is 5.92 Å². The van der Waals surface area contributed by atoms with Crippen molar-refractivity contribution in [3.63, 3.8) is 0 Å². The van der Waals surface area contributed by atoms with E-state index in [0.29, 0.717) is 12.5 Å². The van der Waals surface area contributed by atoms with Crippen LogP contribution in [0.2, 0.25) is 0 Å². The molecule has 1 rings (SSSR count). The molecule has 82 valence electrons. The van der Waals surface area contributed by atoms with Crippen molar-refractivity contribution in [3.8, 4) is 0 Å². The molecular weight excluding hydrogens is 180 g/mol. The van der Waals surface area contributed by atoms with E-state index in [-0.39, 0.29) is 12.5 Å². The van der Waals surface area contributed by atoms with Crippen LogP contribution in [0.25, 0.3) is 0 Å². The van der Waals surface area contributed by atoms with Gasteiger partial charge in [-0.1, -0.05) is 13.8 Å². The summed E-state index contributed by atoms with van der Waals surface area (Å²) in [5, 5.41) is 3.21. The fourth-order valence-electron chi connectivity index (χ4n) is 1.39. The molecule has 1 N–H and O–H groups in total. The van der Waals surface area contributed by atoms with Gasteiger partial charge in [0.25, 0.3) is 0 Å². The third-order valence-electron chi connectivity index (χ3n) is 2.15. The van der Waals surface area contributed by atoms with Crippen LogP contribution in [0.4, 0.5) is 0 Å². The quantitative estimate of drug-likeness (QED) is 0.699. The van der Waals surface area contributed by atoms with E-state index in [2.05, 4.69) is 19.2 Å². The third-order valence-corrected chi connectivity index (χ3v) is 2.15. The molecule has 1 saturated heterocycles. The topological polar surface area (TPSA) is 41.6 Å². The highest BCUT2D eigenvalue weighted by atomic mass is 16.5. The number of amides is 1. The van der Waals surface area contributed by atoms with E-state index in [1.54, 1.807) is 0 Å². The Morgan fingerprint density at radius 3 is 2.64 bits per heavy atom. The summed E-state index contributed by atoms with van der Waals surface area (Å²) in [6, 6.07) is 0. The van der Waals surface area contributed by atoms with Gasteiger partial charge >= 0.3 is 0 Å². The summed E-state index contributed by atoms with van der Waals surface area (Å²) in [7, 11) is 0. The van der Waals surface area contributed by atoms with Crippen LogP contribution in [0.1, 0.15) is 13.8 Å². The van der Waals surface area contributed by atoms with Gasteiger partial charge in [0.2, 0.25) is 5.91 Å². The number of ether oxygens (including phenoxy) is 1. The molecular formula is C10H20N2O2. The predicted molar refractivity (Wildman–Crippen MR) is 55.1 cm³/mol. The standard InChI is InChI=1S/C10H20N2O2/c1-9(2)7-14-8-10(13)12-5-3-11-4-6-12/h9,11H,3-8H2,1-2H3. The maximum atomic E-state index is 11.6. The van der Waals surface area contributed by atoms with Crippen LogP contribution in [0, 0.1) is 5.92 Å². The van der Waals surface area contributed by atoms with Crippen molar-refractivity contribution in [3.05, 3.63) is 0 Å². The smallest absolute Gasteiger partial charge is 0.248 e. The van der Waals surface area contributed by atoms with E-state index >= 15 is 0 Å². The van der Waals surface area contributed by atoms with Gasteiger partial charge in [-0.3, -0.25) is 4.79 Å².